The Balaban J connectivity index is 0.000000497. The molecular weight excluding hydrogens is 280 g/mol. The Morgan fingerprint density at radius 2 is 2.05 bits per heavy atom. The minimum Gasteiger partial charge on any atom is -0.503 e. The first-order valence-electron chi connectivity index (χ1n) is 6.37. The third-order valence-corrected chi connectivity index (χ3v) is 3.57. The van der Waals surface area contributed by atoms with Gasteiger partial charge in [0.2, 0.25) is 5.43 Å². The molecule has 1 saturated heterocycles. The molecule has 1 aromatic rings. The van der Waals surface area contributed by atoms with Gasteiger partial charge in [0.15, 0.2) is 17.7 Å². The summed E-state index contributed by atoms with van der Waals surface area (Å²) >= 11 is 0. The lowest BCUT2D eigenvalue weighted by molar-refractivity contribution is -0.191. The van der Waals surface area contributed by atoms with Crippen molar-refractivity contribution in [1.82, 2.24) is 9.47 Å². The molecule has 8 nitrogen and oxygen atoms in total. The lowest BCUT2D eigenvalue weighted by Gasteiger charge is -2.44. The summed E-state index contributed by atoms with van der Waals surface area (Å²) in [6.07, 6.45) is 2.23. The highest BCUT2D eigenvalue weighted by Crippen LogP contribution is 2.28. The SMILES string of the molecule is C[C@@H]1CCO[C@H]2Cn3ccc(=O)c(O)c3C(=O)N12.O=C=O. The predicted octanol–water partition coefficient (Wildman–Crippen LogP) is -0.439. The molecule has 21 heavy (non-hydrogen) atoms. The highest BCUT2D eigenvalue weighted by Gasteiger charge is 2.39. The van der Waals surface area contributed by atoms with E-state index in [0.29, 0.717) is 13.2 Å². The van der Waals surface area contributed by atoms with Crippen molar-refractivity contribution in [2.24, 2.45) is 0 Å². The van der Waals surface area contributed by atoms with E-state index in [4.69, 9.17) is 14.3 Å². The van der Waals surface area contributed by atoms with Crippen molar-refractivity contribution in [2.45, 2.75) is 32.2 Å². The second-order valence-electron chi connectivity index (χ2n) is 4.79. The maximum absolute atomic E-state index is 12.4. The van der Waals surface area contributed by atoms with Crippen LogP contribution in [0.15, 0.2) is 17.1 Å². The van der Waals surface area contributed by atoms with Crippen LogP contribution >= 0.6 is 0 Å². The fourth-order valence-electron chi connectivity index (χ4n) is 2.58. The summed E-state index contributed by atoms with van der Waals surface area (Å²) in [5.41, 5.74) is -0.463. The number of pyridine rings is 1. The lowest BCUT2D eigenvalue weighted by atomic mass is 10.1. The number of ether oxygens (including phenoxy) is 1. The van der Waals surface area contributed by atoms with Gasteiger partial charge in [0, 0.05) is 18.3 Å². The summed E-state index contributed by atoms with van der Waals surface area (Å²) in [5, 5.41) is 9.77. The lowest BCUT2D eigenvalue weighted by Crippen LogP contribution is -2.56. The third-order valence-electron chi connectivity index (χ3n) is 3.57. The van der Waals surface area contributed by atoms with Crippen LogP contribution in [-0.4, -0.2) is 45.5 Å². The fraction of sp³-hybridized carbons (Fsp3) is 0.462. The molecule has 3 heterocycles. The van der Waals surface area contributed by atoms with Crippen molar-refractivity contribution in [2.75, 3.05) is 6.61 Å². The summed E-state index contributed by atoms with van der Waals surface area (Å²) in [7, 11) is 0. The molecule has 0 aliphatic carbocycles. The highest BCUT2D eigenvalue weighted by molar-refractivity contribution is 5.96. The number of carbonyl (C=O) groups is 1. The number of fused-ring (bicyclic) bond motifs is 2. The fourth-order valence-corrected chi connectivity index (χ4v) is 2.58. The van der Waals surface area contributed by atoms with Crippen LogP contribution in [0.1, 0.15) is 23.8 Å². The molecule has 112 valence electrons. The molecule has 0 aromatic carbocycles. The Kier molecular flexibility index (Phi) is 4.21. The van der Waals surface area contributed by atoms with Gasteiger partial charge in [-0.15, -0.1) is 0 Å². The summed E-state index contributed by atoms with van der Waals surface area (Å²) < 4.78 is 7.16. The zero-order valence-electron chi connectivity index (χ0n) is 11.3. The zero-order valence-corrected chi connectivity index (χ0v) is 11.3. The van der Waals surface area contributed by atoms with Gasteiger partial charge in [-0.25, -0.2) is 0 Å². The van der Waals surface area contributed by atoms with Gasteiger partial charge < -0.3 is 19.3 Å². The monoisotopic (exact) mass is 294 g/mol. The van der Waals surface area contributed by atoms with Gasteiger partial charge in [-0.3, -0.25) is 9.59 Å². The van der Waals surface area contributed by atoms with Gasteiger partial charge in [-0.2, -0.15) is 9.59 Å². The largest absolute Gasteiger partial charge is 0.503 e. The van der Waals surface area contributed by atoms with Crippen molar-refractivity contribution < 1.29 is 24.2 Å². The summed E-state index contributed by atoms with van der Waals surface area (Å²) in [6.45, 7) is 3.01. The maximum Gasteiger partial charge on any atom is 0.373 e. The van der Waals surface area contributed by atoms with Crippen molar-refractivity contribution >= 4 is 12.1 Å². The molecule has 0 saturated carbocycles. The number of carbonyl (C=O) groups excluding carboxylic acids is 3. The van der Waals surface area contributed by atoms with E-state index in [0.717, 1.165) is 6.42 Å². The van der Waals surface area contributed by atoms with Gasteiger partial charge >= 0.3 is 6.15 Å². The number of hydrogen-bond donors (Lipinski definition) is 1. The van der Waals surface area contributed by atoms with E-state index >= 15 is 0 Å². The van der Waals surface area contributed by atoms with Crippen molar-refractivity contribution in [3.63, 3.8) is 0 Å². The molecule has 0 spiro atoms. The highest BCUT2D eigenvalue weighted by atomic mass is 16.5. The summed E-state index contributed by atoms with van der Waals surface area (Å²) in [4.78, 5) is 41.6. The van der Waals surface area contributed by atoms with Crippen LogP contribution in [0.5, 0.6) is 5.75 Å². The van der Waals surface area contributed by atoms with Crippen LogP contribution in [0, 0.1) is 0 Å². The van der Waals surface area contributed by atoms with Crippen LogP contribution in [0.2, 0.25) is 0 Å². The van der Waals surface area contributed by atoms with Crippen molar-refractivity contribution in [1.29, 1.82) is 0 Å². The zero-order chi connectivity index (χ0) is 15.6. The number of nitrogens with zero attached hydrogens (tertiary/aromatic N) is 2. The first-order chi connectivity index (χ1) is 10.0. The number of aromatic nitrogens is 1. The van der Waals surface area contributed by atoms with Crippen molar-refractivity contribution in [3.8, 4) is 5.75 Å². The molecule has 2 atom stereocenters. The smallest absolute Gasteiger partial charge is 0.373 e. The van der Waals surface area contributed by atoms with E-state index < -0.39 is 11.2 Å². The molecular formula is C13H14N2O6. The molecule has 0 bridgehead atoms. The third kappa shape index (κ3) is 2.58. The second-order valence-corrected chi connectivity index (χ2v) is 4.79. The quantitative estimate of drug-likeness (QED) is 0.695. The van der Waals surface area contributed by atoms with Gasteiger partial charge in [0.05, 0.1) is 13.2 Å². The van der Waals surface area contributed by atoms with E-state index in [1.165, 1.54) is 12.3 Å². The van der Waals surface area contributed by atoms with Crippen LogP contribution in [0.4, 0.5) is 0 Å². The standard InChI is InChI=1S/C12H14N2O4.CO2/c1-7-3-5-18-9-6-13-4-2-8(15)11(16)10(13)12(17)14(7)9;2-1-3/h2,4,7,9,16H,3,5-6H2,1H3;/t7-,9+;/m1./s1. The Morgan fingerprint density at radius 1 is 1.38 bits per heavy atom. The molecule has 2 aliphatic rings. The molecule has 1 amide bonds. The molecule has 0 unspecified atom stereocenters. The van der Waals surface area contributed by atoms with Crippen LogP contribution in [0.3, 0.4) is 0 Å². The first kappa shape index (κ1) is 15.0. The average molecular weight is 294 g/mol. The van der Waals surface area contributed by atoms with Crippen molar-refractivity contribution in [3.05, 3.63) is 28.2 Å². The first-order valence-corrected chi connectivity index (χ1v) is 6.37. The molecule has 2 aliphatic heterocycles. The summed E-state index contributed by atoms with van der Waals surface area (Å²) in [5.74, 6) is -0.813. The van der Waals surface area contributed by atoms with E-state index in [1.54, 1.807) is 9.47 Å². The van der Waals surface area contributed by atoms with Gasteiger partial charge in [0.1, 0.15) is 0 Å². The Bertz CT molecular complexity index is 647. The number of hydrogen-bond acceptors (Lipinski definition) is 6. The Labute approximate surface area is 119 Å². The van der Waals surface area contributed by atoms with Crippen LogP contribution in [0.25, 0.3) is 0 Å². The van der Waals surface area contributed by atoms with Gasteiger partial charge in [-0.05, 0) is 13.3 Å². The van der Waals surface area contributed by atoms with Gasteiger partial charge in [0.25, 0.3) is 5.91 Å². The molecule has 8 heteroatoms. The maximum atomic E-state index is 12.4. The minimum absolute atomic E-state index is 0.0553. The second kappa shape index (κ2) is 5.90. The van der Waals surface area contributed by atoms with Crippen LogP contribution < -0.4 is 5.43 Å². The summed E-state index contributed by atoms with van der Waals surface area (Å²) in [6, 6.07) is 1.31. The number of amides is 1. The Morgan fingerprint density at radius 3 is 2.71 bits per heavy atom. The topological polar surface area (TPSA) is 106 Å². The molecule has 1 fully saturated rings. The Hall–Kier alpha value is -2.44. The predicted molar refractivity (Wildman–Crippen MR) is 67.4 cm³/mol. The molecule has 0 radical (unpaired) electrons. The minimum atomic E-state index is -0.529. The van der Waals surface area contributed by atoms with E-state index in [9.17, 15) is 14.7 Å². The normalized spacial score (nSPS) is 23.3. The molecule has 1 N–H and O–H groups in total. The van der Waals surface area contributed by atoms with E-state index in [1.807, 2.05) is 6.92 Å². The number of aromatic hydroxyl groups is 1. The van der Waals surface area contributed by atoms with Gasteiger partial charge in [-0.1, -0.05) is 0 Å². The van der Waals surface area contributed by atoms with E-state index in [-0.39, 0.29) is 30.0 Å². The average Bonchev–Trinajstić information content (AvgIpc) is 2.44. The molecule has 1 aromatic heterocycles. The van der Waals surface area contributed by atoms with Crippen LogP contribution in [-0.2, 0) is 20.9 Å². The number of rotatable bonds is 0. The molecule has 3 rings (SSSR count). The van der Waals surface area contributed by atoms with E-state index in [2.05, 4.69) is 0 Å².